The summed E-state index contributed by atoms with van der Waals surface area (Å²) in [5, 5.41) is 0. The fourth-order valence-electron chi connectivity index (χ4n) is 7.94. The van der Waals surface area contributed by atoms with Gasteiger partial charge in [0, 0.05) is 12.2 Å². The standard InChI is InChI=1S/C53H63NO15/c1-3-47(55)64-33-11-7-5-9-31-62-40-21-25-42(26-22-40)66-50(58)36-13-15-38(16-14-36)52(60)68-44-29-30-46(45(35-44)49(54)57)69-53(61)39-19-17-37(18-20-39)51(59)67-43-27-23-41(24-28-43)63-32-10-6-8-12-34-65-48(56)4-2/h3-4,21-30,35-39H,1-2,5-20,31-34H2,(H2,54,57). The van der Waals surface area contributed by atoms with Gasteiger partial charge in [-0.15, -0.1) is 0 Å². The molecule has 2 saturated carbocycles. The van der Waals surface area contributed by atoms with Gasteiger partial charge in [-0.05, 0) is 169 Å². The van der Waals surface area contributed by atoms with Crippen LogP contribution in [-0.2, 0) is 38.2 Å². The molecule has 0 radical (unpaired) electrons. The van der Waals surface area contributed by atoms with Gasteiger partial charge in [0.25, 0.3) is 5.91 Å². The molecule has 2 aliphatic rings. The average molecular weight is 954 g/mol. The van der Waals surface area contributed by atoms with Crippen LogP contribution in [0.5, 0.6) is 34.5 Å². The van der Waals surface area contributed by atoms with Crippen LogP contribution < -0.4 is 34.2 Å². The molecule has 370 valence electrons. The number of hydrogen-bond donors (Lipinski definition) is 1. The Morgan fingerprint density at radius 1 is 0.435 bits per heavy atom. The van der Waals surface area contributed by atoms with Crippen LogP contribution >= 0.6 is 0 Å². The summed E-state index contributed by atoms with van der Waals surface area (Å²) >= 11 is 0. The number of carbonyl (C=O) groups excluding carboxylic acids is 7. The molecule has 16 nitrogen and oxygen atoms in total. The molecule has 2 aliphatic carbocycles. The van der Waals surface area contributed by atoms with Gasteiger partial charge in [0.1, 0.15) is 34.5 Å². The van der Waals surface area contributed by atoms with Crippen molar-refractivity contribution in [3.8, 4) is 34.5 Å². The van der Waals surface area contributed by atoms with Crippen molar-refractivity contribution in [3.05, 3.63) is 97.6 Å². The summed E-state index contributed by atoms with van der Waals surface area (Å²) in [4.78, 5) is 86.9. The summed E-state index contributed by atoms with van der Waals surface area (Å²) in [5.41, 5.74) is 5.51. The molecule has 0 aliphatic heterocycles. The Bertz CT molecular complexity index is 2200. The third-order valence-corrected chi connectivity index (χ3v) is 12.0. The Kier molecular flexibility index (Phi) is 21.8. The molecule has 0 saturated heterocycles. The van der Waals surface area contributed by atoms with Gasteiger partial charge < -0.3 is 43.6 Å². The van der Waals surface area contributed by atoms with Gasteiger partial charge in [-0.2, -0.15) is 0 Å². The molecule has 0 bridgehead atoms. The molecule has 2 N–H and O–H groups in total. The first-order valence-electron chi connectivity index (χ1n) is 23.8. The number of rotatable bonds is 27. The summed E-state index contributed by atoms with van der Waals surface area (Å²) in [5.74, 6) is -3.31. The quantitative estimate of drug-likeness (QED) is 0.0327. The van der Waals surface area contributed by atoms with Gasteiger partial charge in [0.2, 0.25) is 0 Å². The van der Waals surface area contributed by atoms with E-state index in [1.54, 1.807) is 48.5 Å². The van der Waals surface area contributed by atoms with Crippen LogP contribution in [0.25, 0.3) is 0 Å². The Labute approximate surface area is 402 Å². The molecule has 2 fully saturated rings. The molecule has 3 aromatic rings. The Balaban J connectivity index is 0.966. The third-order valence-electron chi connectivity index (χ3n) is 12.0. The monoisotopic (exact) mass is 953 g/mol. The first-order chi connectivity index (χ1) is 33.4. The second kappa shape index (κ2) is 28.4. The summed E-state index contributed by atoms with van der Waals surface area (Å²) in [6.07, 6.45) is 12.4. The molecule has 5 rings (SSSR count). The lowest BCUT2D eigenvalue weighted by molar-refractivity contribution is -0.145. The van der Waals surface area contributed by atoms with E-state index in [0.717, 1.165) is 63.5 Å². The molecule has 0 heterocycles. The first kappa shape index (κ1) is 53.0. The lowest BCUT2D eigenvalue weighted by atomic mass is 9.82. The molecule has 0 spiro atoms. The maximum atomic E-state index is 13.2. The highest BCUT2D eigenvalue weighted by atomic mass is 16.6. The second-order valence-corrected chi connectivity index (χ2v) is 17.0. The summed E-state index contributed by atoms with van der Waals surface area (Å²) in [6.45, 7) is 8.52. The highest BCUT2D eigenvalue weighted by molar-refractivity contribution is 5.97. The predicted molar refractivity (Wildman–Crippen MR) is 252 cm³/mol. The van der Waals surface area contributed by atoms with E-state index in [1.165, 1.54) is 18.2 Å². The zero-order valence-electron chi connectivity index (χ0n) is 39.1. The molecule has 69 heavy (non-hydrogen) atoms. The Morgan fingerprint density at radius 3 is 1.12 bits per heavy atom. The number of amides is 1. The van der Waals surface area contributed by atoms with E-state index >= 15 is 0 Å². The smallest absolute Gasteiger partial charge is 0.330 e. The van der Waals surface area contributed by atoms with Crippen LogP contribution in [0.3, 0.4) is 0 Å². The maximum Gasteiger partial charge on any atom is 0.330 e. The van der Waals surface area contributed by atoms with Crippen LogP contribution in [0.15, 0.2) is 92.0 Å². The van der Waals surface area contributed by atoms with E-state index in [9.17, 15) is 33.6 Å². The zero-order valence-corrected chi connectivity index (χ0v) is 39.1. The number of nitrogens with two attached hydrogens (primary N) is 1. The van der Waals surface area contributed by atoms with Crippen LogP contribution in [0.4, 0.5) is 0 Å². The molecule has 16 heteroatoms. The molecular formula is C53H63NO15. The fraction of sp³-hybridized carbons (Fsp3) is 0.453. The number of ether oxygens (including phenoxy) is 8. The summed E-state index contributed by atoms with van der Waals surface area (Å²) < 4.78 is 44.0. The molecule has 1 amide bonds. The van der Waals surface area contributed by atoms with Crippen molar-refractivity contribution in [3.63, 3.8) is 0 Å². The van der Waals surface area contributed by atoms with Crippen LogP contribution in [0.1, 0.15) is 113 Å². The first-order valence-corrected chi connectivity index (χ1v) is 23.8. The number of primary amides is 1. The van der Waals surface area contributed by atoms with Crippen molar-refractivity contribution < 1.29 is 71.5 Å². The van der Waals surface area contributed by atoms with Gasteiger partial charge in [-0.1, -0.05) is 13.2 Å². The number of esters is 6. The lowest BCUT2D eigenvalue weighted by Crippen LogP contribution is -2.31. The lowest BCUT2D eigenvalue weighted by Gasteiger charge is -2.26. The highest BCUT2D eigenvalue weighted by Crippen LogP contribution is 2.35. The third kappa shape index (κ3) is 18.2. The Morgan fingerprint density at radius 2 is 0.754 bits per heavy atom. The minimum atomic E-state index is -0.880. The maximum absolute atomic E-state index is 13.2. The van der Waals surface area contributed by atoms with Crippen LogP contribution in [0, 0.1) is 23.7 Å². The van der Waals surface area contributed by atoms with E-state index in [4.69, 9.17) is 43.6 Å². The minimum absolute atomic E-state index is 0.0569. The van der Waals surface area contributed by atoms with E-state index in [0.29, 0.717) is 101 Å². The molecule has 0 unspecified atom stereocenters. The molecular weight excluding hydrogens is 891 g/mol. The zero-order chi connectivity index (χ0) is 49.4. The van der Waals surface area contributed by atoms with Gasteiger partial charge >= 0.3 is 35.8 Å². The topological polar surface area (TPSA) is 219 Å². The van der Waals surface area contributed by atoms with Crippen molar-refractivity contribution in [1.29, 1.82) is 0 Å². The van der Waals surface area contributed by atoms with Crippen LogP contribution in [-0.4, -0.2) is 68.2 Å². The molecule has 0 atom stereocenters. The Hall–Kier alpha value is -6.97. The van der Waals surface area contributed by atoms with Crippen molar-refractivity contribution in [2.24, 2.45) is 29.4 Å². The van der Waals surface area contributed by atoms with Gasteiger partial charge in [-0.25, -0.2) is 9.59 Å². The minimum Gasteiger partial charge on any atom is -0.494 e. The van der Waals surface area contributed by atoms with E-state index in [-0.39, 0.29) is 23.0 Å². The molecule has 3 aromatic carbocycles. The summed E-state index contributed by atoms with van der Waals surface area (Å²) in [6, 6.07) is 17.7. The summed E-state index contributed by atoms with van der Waals surface area (Å²) in [7, 11) is 0. The number of hydrogen-bond acceptors (Lipinski definition) is 15. The number of benzene rings is 3. The number of unbranched alkanes of at least 4 members (excludes halogenated alkanes) is 6. The average Bonchev–Trinajstić information content (AvgIpc) is 3.36. The van der Waals surface area contributed by atoms with Gasteiger partial charge in [0.15, 0.2) is 0 Å². The normalized spacial score (nSPS) is 17.5. The van der Waals surface area contributed by atoms with Crippen LogP contribution in [0.2, 0.25) is 0 Å². The van der Waals surface area contributed by atoms with Gasteiger partial charge in [-0.3, -0.25) is 24.0 Å². The van der Waals surface area contributed by atoms with Crippen molar-refractivity contribution in [1.82, 2.24) is 0 Å². The van der Waals surface area contributed by atoms with E-state index in [1.807, 2.05) is 0 Å². The predicted octanol–water partition coefficient (Wildman–Crippen LogP) is 8.76. The van der Waals surface area contributed by atoms with E-state index < -0.39 is 59.4 Å². The van der Waals surface area contributed by atoms with Crippen molar-refractivity contribution in [2.75, 3.05) is 26.4 Å². The van der Waals surface area contributed by atoms with E-state index in [2.05, 4.69) is 13.2 Å². The largest absolute Gasteiger partial charge is 0.494 e. The second-order valence-electron chi connectivity index (χ2n) is 17.0. The van der Waals surface area contributed by atoms with Crippen molar-refractivity contribution >= 4 is 41.7 Å². The molecule has 0 aromatic heterocycles. The SMILES string of the molecule is C=CC(=O)OCCCCCCOc1ccc(OC(=O)C2CCC(C(=O)Oc3ccc(OC(=O)C4CCC(C(=O)Oc5ccc(OCCCCCCOC(=O)C=C)cc5)CC4)c(C(N)=O)c3)CC2)cc1. The fourth-order valence-corrected chi connectivity index (χ4v) is 7.94. The number of carbonyl (C=O) groups is 7. The van der Waals surface area contributed by atoms with Crippen molar-refractivity contribution in [2.45, 2.75) is 103 Å². The highest BCUT2D eigenvalue weighted by Gasteiger charge is 2.34. The van der Waals surface area contributed by atoms with Gasteiger partial charge in [0.05, 0.1) is 55.7 Å².